The number of aromatic nitrogens is 2. The monoisotopic (exact) mass is 466 g/mol. The van der Waals surface area contributed by atoms with E-state index in [0.717, 1.165) is 5.56 Å². The average molecular weight is 467 g/mol. The highest BCUT2D eigenvalue weighted by atomic mass is 35.5. The second kappa shape index (κ2) is 8.35. The molecule has 0 saturated carbocycles. The Hall–Kier alpha value is -2.46. The Kier molecular flexibility index (Phi) is 5.79. The Balaban J connectivity index is 1.45. The van der Waals surface area contributed by atoms with Crippen LogP contribution in [0.2, 0.25) is 10.0 Å². The van der Waals surface area contributed by atoms with E-state index in [0.29, 0.717) is 5.76 Å². The average Bonchev–Trinajstić information content (AvgIpc) is 3.26. The maximum Gasteiger partial charge on any atom is 0.276 e. The summed E-state index contributed by atoms with van der Waals surface area (Å²) in [6, 6.07) is 9.53. The van der Waals surface area contributed by atoms with Gasteiger partial charge in [0, 0.05) is 50.2 Å². The van der Waals surface area contributed by atoms with E-state index in [1.807, 2.05) is 0 Å². The van der Waals surface area contributed by atoms with Gasteiger partial charge in [-0.05, 0) is 24.3 Å². The van der Waals surface area contributed by atoms with Crippen LogP contribution in [-0.2, 0) is 10.0 Å². The Bertz CT molecular complexity index is 1180. The van der Waals surface area contributed by atoms with E-state index in [1.54, 1.807) is 35.5 Å². The fourth-order valence-electron chi connectivity index (χ4n) is 3.14. The molecule has 4 rings (SSSR count). The number of halogens is 2. The molecule has 0 unspecified atom stereocenters. The first-order chi connectivity index (χ1) is 14.4. The molecule has 1 aliphatic rings. The molecule has 0 N–H and O–H groups in total. The van der Waals surface area contributed by atoms with Crippen LogP contribution in [0.5, 0.6) is 0 Å². The van der Waals surface area contributed by atoms with Gasteiger partial charge in [-0.3, -0.25) is 9.78 Å². The number of carbonyl (C=O) groups is 1. The van der Waals surface area contributed by atoms with Gasteiger partial charge in [-0.2, -0.15) is 4.31 Å². The molecule has 1 amide bonds. The van der Waals surface area contributed by atoms with Crippen molar-refractivity contribution < 1.29 is 17.7 Å². The number of piperazine rings is 1. The van der Waals surface area contributed by atoms with Crippen LogP contribution in [0.1, 0.15) is 10.5 Å². The molecular weight excluding hydrogens is 451 g/mol. The van der Waals surface area contributed by atoms with E-state index in [1.165, 1.54) is 22.5 Å². The topological polar surface area (TPSA) is 96.6 Å². The fourth-order valence-corrected chi connectivity index (χ4v) is 5.30. The molecule has 3 aromatic rings. The quantitative estimate of drug-likeness (QED) is 0.585. The van der Waals surface area contributed by atoms with Crippen LogP contribution >= 0.6 is 23.2 Å². The summed E-state index contributed by atoms with van der Waals surface area (Å²) in [6.07, 6.45) is 3.23. The molecule has 2 aromatic heterocycles. The van der Waals surface area contributed by atoms with Crippen LogP contribution < -0.4 is 0 Å². The third-order valence-corrected chi connectivity index (χ3v) is 7.63. The number of sulfonamides is 1. The summed E-state index contributed by atoms with van der Waals surface area (Å²) in [7, 11) is -3.82. The first kappa shape index (κ1) is 20.8. The summed E-state index contributed by atoms with van der Waals surface area (Å²) in [5.41, 5.74) is 0.918. The summed E-state index contributed by atoms with van der Waals surface area (Å²) >= 11 is 12.0. The predicted octanol–water partition coefficient (Wildman–Crippen LogP) is 3.19. The van der Waals surface area contributed by atoms with Gasteiger partial charge in [0.25, 0.3) is 5.91 Å². The number of amides is 1. The largest absolute Gasteiger partial charge is 0.355 e. The Morgan fingerprint density at radius 3 is 2.43 bits per heavy atom. The van der Waals surface area contributed by atoms with Crippen molar-refractivity contribution in [3.63, 3.8) is 0 Å². The van der Waals surface area contributed by atoms with Gasteiger partial charge in [0.05, 0.1) is 10.0 Å². The number of benzene rings is 1. The molecule has 0 bridgehead atoms. The molecule has 1 aliphatic heterocycles. The predicted molar refractivity (Wildman–Crippen MR) is 111 cm³/mol. The van der Waals surface area contributed by atoms with E-state index in [4.69, 9.17) is 27.7 Å². The maximum atomic E-state index is 12.9. The second-order valence-electron chi connectivity index (χ2n) is 6.56. The van der Waals surface area contributed by atoms with Crippen molar-refractivity contribution in [2.24, 2.45) is 0 Å². The van der Waals surface area contributed by atoms with Crippen LogP contribution in [0, 0.1) is 0 Å². The molecule has 1 aromatic carbocycles. The molecule has 0 atom stereocenters. The highest BCUT2D eigenvalue weighted by molar-refractivity contribution is 7.89. The molecule has 1 saturated heterocycles. The molecule has 1 fully saturated rings. The maximum absolute atomic E-state index is 12.9. The number of rotatable bonds is 4. The first-order valence-corrected chi connectivity index (χ1v) is 11.2. The first-order valence-electron chi connectivity index (χ1n) is 8.98. The smallest absolute Gasteiger partial charge is 0.276 e. The zero-order valence-corrected chi connectivity index (χ0v) is 17.9. The van der Waals surface area contributed by atoms with Crippen molar-refractivity contribution in [3.8, 4) is 11.3 Å². The molecule has 0 radical (unpaired) electrons. The van der Waals surface area contributed by atoms with Gasteiger partial charge >= 0.3 is 0 Å². The Morgan fingerprint density at radius 1 is 1.03 bits per heavy atom. The number of hydrogen-bond donors (Lipinski definition) is 0. The van der Waals surface area contributed by atoms with Gasteiger partial charge in [-0.15, -0.1) is 0 Å². The molecule has 0 spiro atoms. The third-order valence-electron chi connectivity index (χ3n) is 4.75. The zero-order valence-electron chi connectivity index (χ0n) is 15.5. The minimum Gasteiger partial charge on any atom is -0.355 e. The highest BCUT2D eigenvalue weighted by Gasteiger charge is 2.33. The molecular formula is C19H16Cl2N4O4S. The summed E-state index contributed by atoms with van der Waals surface area (Å²) in [6.45, 7) is 0.694. The fraction of sp³-hybridized carbons (Fsp3) is 0.211. The van der Waals surface area contributed by atoms with Gasteiger partial charge in [0.15, 0.2) is 11.5 Å². The number of carbonyl (C=O) groups excluding carboxylic acids is 1. The molecule has 8 nitrogen and oxygen atoms in total. The zero-order chi connectivity index (χ0) is 21.3. The van der Waals surface area contributed by atoms with Gasteiger partial charge in [-0.25, -0.2) is 8.42 Å². The second-order valence-corrected chi connectivity index (χ2v) is 9.25. The van der Waals surface area contributed by atoms with Crippen LogP contribution in [0.15, 0.2) is 58.2 Å². The van der Waals surface area contributed by atoms with Crippen molar-refractivity contribution in [1.29, 1.82) is 0 Å². The number of hydrogen-bond acceptors (Lipinski definition) is 6. The molecule has 0 aliphatic carbocycles. The van der Waals surface area contributed by atoms with Crippen molar-refractivity contribution in [1.82, 2.24) is 19.3 Å². The van der Waals surface area contributed by atoms with Crippen molar-refractivity contribution in [2.75, 3.05) is 26.2 Å². The molecule has 3 heterocycles. The summed E-state index contributed by atoms with van der Waals surface area (Å²) in [5, 5.41) is 4.01. The summed E-state index contributed by atoms with van der Waals surface area (Å²) in [5.74, 6) is 0.134. The number of pyridine rings is 1. The minimum absolute atomic E-state index is 0.0103. The van der Waals surface area contributed by atoms with Gasteiger partial charge in [0.2, 0.25) is 10.0 Å². The molecule has 30 heavy (non-hydrogen) atoms. The van der Waals surface area contributed by atoms with Gasteiger partial charge < -0.3 is 9.42 Å². The SMILES string of the molecule is O=C(c1cc(-c2ccncc2)on1)N1CCN(S(=O)(=O)c2cccc(Cl)c2Cl)CC1. The Morgan fingerprint density at radius 2 is 1.73 bits per heavy atom. The van der Waals surface area contributed by atoms with Crippen LogP contribution in [0.3, 0.4) is 0 Å². The van der Waals surface area contributed by atoms with E-state index in [2.05, 4.69) is 10.1 Å². The van der Waals surface area contributed by atoms with Crippen LogP contribution in [0.25, 0.3) is 11.3 Å². The Labute approximate surface area is 183 Å². The van der Waals surface area contributed by atoms with E-state index < -0.39 is 10.0 Å². The van der Waals surface area contributed by atoms with Crippen LogP contribution in [0.4, 0.5) is 0 Å². The lowest BCUT2D eigenvalue weighted by Crippen LogP contribution is -2.50. The lowest BCUT2D eigenvalue weighted by molar-refractivity contribution is 0.0687. The van der Waals surface area contributed by atoms with Crippen LogP contribution in [-0.4, -0.2) is 59.8 Å². The van der Waals surface area contributed by atoms with E-state index in [9.17, 15) is 13.2 Å². The normalized spacial score (nSPS) is 15.3. The standard InChI is InChI=1S/C19H16Cl2N4O4S/c20-14-2-1-3-17(18(14)21)30(27,28)25-10-8-24(9-11-25)19(26)15-12-16(29-23-15)13-4-6-22-7-5-13/h1-7,12H,8-11H2. The summed E-state index contributed by atoms with van der Waals surface area (Å²) < 4.78 is 32.4. The van der Waals surface area contributed by atoms with E-state index >= 15 is 0 Å². The van der Waals surface area contributed by atoms with Crippen molar-refractivity contribution in [3.05, 3.63) is 64.5 Å². The summed E-state index contributed by atoms with van der Waals surface area (Å²) in [4.78, 5) is 18.2. The van der Waals surface area contributed by atoms with Gasteiger partial charge in [-0.1, -0.05) is 34.4 Å². The highest BCUT2D eigenvalue weighted by Crippen LogP contribution is 2.31. The van der Waals surface area contributed by atoms with Gasteiger partial charge in [0.1, 0.15) is 4.90 Å². The molecule has 11 heteroatoms. The van der Waals surface area contributed by atoms with Crippen molar-refractivity contribution >= 4 is 39.1 Å². The van der Waals surface area contributed by atoms with Crippen molar-refractivity contribution in [2.45, 2.75) is 4.90 Å². The number of nitrogens with zero attached hydrogens (tertiary/aromatic N) is 4. The molecule has 156 valence electrons. The third kappa shape index (κ3) is 3.93. The van der Waals surface area contributed by atoms with E-state index in [-0.39, 0.29) is 52.7 Å². The lowest BCUT2D eigenvalue weighted by atomic mass is 10.2. The lowest BCUT2D eigenvalue weighted by Gasteiger charge is -2.33. The minimum atomic E-state index is -3.82.